The van der Waals surface area contributed by atoms with Crippen molar-refractivity contribution in [3.8, 4) is 22.6 Å². The van der Waals surface area contributed by atoms with Crippen molar-refractivity contribution in [2.45, 2.75) is 6.92 Å². The van der Waals surface area contributed by atoms with Crippen LogP contribution in [-0.2, 0) is 14.1 Å². The van der Waals surface area contributed by atoms with Gasteiger partial charge in [0.05, 0.1) is 25.2 Å². The number of amides is 1. The van der Waals surface area contributed by atoms with Crippen molar-refractivity contribution >= 4 is 28.4 Å². The molecule has 2 aromatic carbocycles. The van der Waals surface area contributed by atoms with E-state index in [2.05, 4.69) is 10.3 Å². The molecule has 1 amide bonds. The molecule has 35 heavy (non-hydrogen) atoms. The Bertz CT molecular complexity index is 1600. The number of aryl methyl sites for hydroxylation is 2. The van der Waals surface area contributed by atoms with Crippen molar-refractivity contribution in [2.75, 3.05) is 25.3 Å². The number of ether oxygens (including phenoxy) is 2. The lowest BCUT2D eigenvalue weighted by Crippen LogP contribution is -2.38. The average Bonchev–Trinajstić information content (AvgIpc) is 2.86. The number of carbonyl (C=O) groups is 1. The Labute approximate surface area is 200 Å². The Kier molecular flexibility index (Phi) is 6.04. The fourth-order valence-corrected chi connectivity index (χ4v) is 4.01. The number of nitrogens with two attached hydrogens (primary N) is 1. The summed E-state index contributed by atoms with van der Waals surface area (Å²) in [5.41, 5.74) is 7.32. The molecule has 0 aliphatic heterocycles. The zero-order valence-corrected chi connectivity index (χ0v) is 20.0. The van der Waals surface area contributed by atoms with Crippen LogP contribution in [0.15, 0.2) is 52.1 Å². The van der Waals surface area contributed by atoms with Crippen LogP contribution in [0.1, 0.15) is 15.9 Å². The quantitative estimate of drug-likeness (QED) is 0.453. The summed E-state index contributed by atoms with van der Waals surface area (Å²) in [5, 5.41) is 2.94. The van der Waals surface area contributed by atoms with Crippen LogP contribution in [0.4, 0.5) is 11.5 Å². The maximum atomic E-state index is 13.6. The number of anilines is 2. The van der Waals surface area contributed by atoms with Crippen LogP contribution in [0, 0.1) is 6.92 Å². The number of nitrogens with one attached hydrogen (secondary N) is 1. The van der Waals surface area contributed by atoms with Crippen LogP contribution in [0.3, 0.4) is 0 Å². The third kappa shape index (κ3) is 3.88. The zero-order chi connectivity index (χ0) is 25.4. The van der Waals surface area contributed by atoms with E-state index in [0.717, 1.165) is 10.1 Å². The van der Waals surface area contributed by atoms with E-state index in [4.69, 9.17) is 15.2 Å². The summed E-state index contributed by atoms with van der Waals surface area (Å²) < 4.78 is 13.0. The van der Waals surface area contributed by atoms with Gasteiger partial charge < -0.3 is 20.5 Å². The topological polar surface area (TPSA) is 130 Å². The second kappa shape index (κ2) is 8.98. The normalized spacial score (nSPS) is 10.9. The molecule has 0 atom stereocenters. The molecule has 0 aliphatic rings. The molecule has 10 nitrogen and oxygen atoms in total. The molecule has 0 saturated carbocycles. The molecule has 180 valence electrons. The fourth-order valence-electron chi connectivity index (χ4n) is 4.01. The minimum Gasteiger partial charge on any atom is -0.493 e. The van der Waals surface area contributed by atoms with Gasteiger partial charge in [0, 0.05) is 25.3 Å². The molecule has 0 fully saturated rings. The number of hydrogen-bond donors (Lipinski definition) is 2. The molecule has 0 radical (unpaired) electrons. The fraction of sp³-hybridized carbons (Fsp3) is 0.200. The summed E-state index contributed by atoms with van der Waals surface area (Å²) in [5.74, 6) is 0.178. The number of rotatable bonds is 5. The van der Waals surface area contributed by atoms with Crippen molar-refractivity contribution in [3.63, 3.8) is 0 Å². The number of nitrogens with zero attached hydrogens (tertiary/aromatic N) is 3. The minimum atomic E-state index is -0.606. The lowest BCUT2D eigenvalue weighted by Gasteiger charge is -2.18. The van der Waals surface area contributed by atoms with E-state index in [1.54, 1.807) is 30.3 Å². The van der Waals surface area contributed by atoms with Crippen LogP contribution < -0.4 is 31.8 Å². The number of aromatic nitrogens is 3. The van der Waals surface area contributed by atoms with Gasteiger partial charge in [-0.15, -0.1) is 0 Å². The summed E-state index contributed by atoms with van der Waals surface area (Å²) in [6.07, 6.45) is 0. The van der Waals surface area contributed by atoms with Gasteiger partial charge in [0.25, 0.3) is 11.5 Å². The lowest BCUT2D eigenvalue weighted by atomic mass is 9.96. The monoisotopic (exact) mass is 475 g/mol. The maximum Gasteiger partial charge on any atom is 0.332 e. The first-order valence-corrected chi connectivity index (χ1v) is 10.7. The number of para-hydroxylation sites is 1. The molecular formula is C25H25N5O5. The van der Waals surface area contributed by atoms with E-state index >= 15 is 0 Å². The minimum absolute atomic E-state index is 0.00345. The van der Waals surface area contributed by atoms with Gasteiger partial charge in [0.1, 0.15) is 5.82 Å². The number of hydrogen-bond acceptors (Lipinski definition) is 7. The third-order valence-corrected chi connectivity index (χ3v) is 5.91. The van der Waals surface area contributed by atoms with Crippen molar-refractivity contribution in [2.24, 2.45) is 14.1 Å². The molecule has 0 spiro atoms. The second-order valence-corrected chi connectivity index (χ2v) is 7.99. The van der Waals surface area contributed by atoms with Crippen LogP contribution in [0.5, 0.6) is 11.5 Å². The molecule has 4 aromatic rings. The van der Waals surface area contributed by atoms with Crippen molar-refractivity contribution in [1.29, 1.82) is 0 Å². The number of methoxy groups -OCH3 is 2. The van der Waals surface area contributed by atoms with Gasteiger partial charge in [-0.05, 0) is 36.2 Å². The van der Waals surface area contributed by atoms with Crippen LogP contribution in [0.2, 0.25) is 0 Å². The molecule has 2 heterocycles. The largest absolute Gasteiger partial charge is 0.493 e. The Morgan fingerprint density at radius 1 is 1.00 bits per heavy atom. The first kappa shape index (κ1) is 23.6. The molecule has 2 aromatic heterocycles. The van der Waals surface area contributed by atoms with Gasteiger partial charge in [0.2, 0.25) is 0 Å². The first-order chi connectivity index (χ1) is 16.7. The van der Waals surface area contributed by atoms with Crippen molar-refractivity contribution < 1.29 is 14.3 Å². The van der Waals surface area contributed by atoms with E-state index in [9.17, 15) is 14.4 Å². The van der Waals surface area contributed by atoms with E-state index in [-0.39, 0.29) is 28.0 Å². The Morgan fingerprint density at radius 3 is 2.34 bits per heavy atom. The molecule has 3 N–H and O–H groups in total. The second-order valence-electron chi connectivity index (χ2n) is 7.99. The zero-order valence-electron chi connectivity index (χ0n) is 20.0. The van der Waals surface area contributed by atoms with Crippen molar-refractivity contribution in [3.05, 3.63) is 74.4 Å². The predicted molar refractivity (Wildman–Crippen MR) is 134 cm³/mol. The van der Waals surface area contributed by atoms with E-state index in [0.29, 0.717) is 22.7 Å². The highest BCUT2D eigenvalue weighted by atomic mass is 16.5. The highest BCUT2D eigenvalue weighted by Gasteiger charge is 2.26. The van der Waals surface area contributed by atoms with Gasteiger partial charge in [-0.2, -0.15) is 0 Å². The molecule has 4 rings (SSSR count). The molecule has 0 aliphatic carbocycles. The molecule has 0 bridgehead atoms. The number of carbonyl (C=O) groups excluding carboxylic acids is 1. The van der Waals surface area contributed by atoms with Crippen molar-refractivity contribution in [1.82, 2.24) is 14.1 Å². The van der Waals surface area contributed by atoms with Gasteiger partial charge in [-0.1, -0.05) is 24.3 Å². The molecule has 0 saturated heterocycles. The first-order valence-electron chi connectivity index (χ1n) is 10.7. The Balaban J connectivity index is 2.12. The average molecular weight is 476 g/mol. The van der Waals surface area contributed by atoms with Gasteiger partial charge in [0.15, 0.2) is 17.1 Å². The van der Waals surface area contributed by atoms with Crippen LogP contribution in [-0.4, -0.2) is 34.2 Å². The van der Waals surface area contributed by atoms with E-state index < -0.39 is 17.2 Å². The summed E-state index contributed by atoms with van der Waals surface area (Å²) in [6, 6.07) is 12.3. The van der Waals surface area contributed by atoms with Crippen LogP contribution in [0.25, 0.3) is 22.2 Å². The number of nitrogen functional groups attached to an aromatic ring is 1. The lowest BCUT2D eigenvalue weighted by molar-refractivity contribution is 0.102. The standard InChI is InChI=1S/C25H25N5O5/c1-13-8-6-7-9-15(13)27-23(31)19-18(14-10-11-16(34-4)17(12-14)35-5)20-22(28-21(19)26)29(2)25(33)30(3)24(20)32/h6-12H,1-5H3,(H2,26,28)(H,27,31). The van der Waals surface area contributed by atoms with E-state index in [1.165, 1.54) is 32.9 Å². The van der Waals surface area contributed by atoms with Gasteiger partial charge in [-0.3, -0.25) is 18.7 Å². The Hall–Kier alpha value is -4.60. The summed E-state index contributed by atoms with van der Waals surface area (Å²) in [7, 11) is 5.84. The smallest absolute Gasteiger partial charge is 0.332 e. The maximum absolute atomic E-state index is 13.6. The summed E-state index contributed by atoms with van der Waals surface area (Å²) >= 11 is 0. The molecule has 10 heteroatoms. The Morgan fingerprint density at radius 2 is 1.69 bits per heavy atom. The van der Waals surface area contributed by atoms with Gasteiger partial charge in [-0.25, -0.2) is 9.78 Å². The SMILES string of the molecule is COc1ccc(-c2c(C(=O)Nc3ccccc3C)c(N)nc3c2c(=O)n(C)c(=O)n3C)cc1OC. The van der Waals surface area contributed by atoms with Crippen LogP contribution >= 0.6 is 0 Å². The number of benzene rings is 2. The summed E-state index contributed by atoms with van der Waals surface area (Å²) in [4.78, 5) is 43.8. The summed E-state index contributed by atoms with van der Waals surface area (Å²) in [6.45, 7) is 1.86. The highest BCUT2D eigenvalue weighted by molar-refractivity contribution is 6.16. The molecular weight excluding hydrogens is 450 g/mol. The molecule has 0 unspecified atom stereocenters. The number of fused-ring (bicyclic) bond motifs is 1. The highest BCUT2D eigenvalue weighted by Crippen LogP contribution is 2.38. The van der Waals surface area contributed by atoms with Gasteiger partial charge >= 0.3 is 5.69 Å². The van der Waals surface area contributed by atoms with E-state index in [1.807, 2.05) is 19.1 Å². The predicted octanol–water partition coefficient (Wildman–Crippen LogP) is 2.46. The number of pyridine rings is 1. The third-order valence-electron chi connectivity index (χ3n) is 5.91.